The highest BCUT2D eigenvalue weighted by Crippen LogP contribution is 2.31. The number of hydrogen-bond acceptors (Lipinski definition) is 1. The maximum atomic E-state index is 11.6. The summed E-state index contributed by atoms with van der Waals surface area (Å²) in [5, 5.41) is 0. The summed E-state index contributed by atoms with van der Waals surface area (Å²) in [7, 11) is 0. The fourth-order valence-corrected chi connectivity index (χ4v) is 1.85. The molecule has 0 spiro atoms. The lowest BCUT2D eigenvalue weighted by Crippen LogP contribution is -2.08. The molecule has 0 aliphatic heterocycles. The molecule has 0 saturated carbocycles. The maximum absolute atomic E-state index is 11.6. The average Bonchev–Trinajstić information content (AvgIpc) is 2.50. The SMILES string of the molecule is CC(C)C(=O)C1=CC(C(C)C)CC1. The molecule has 1 unspecified atom stereocenters. The molecule has 0 N–H and O–H groups in total. The number of carbonyl (C=O) groups excluding carboxylic acids is 1. The number of rotatable bonds is 3. The molecule has 0 bridgehead atoms. The molecule has 0 amide bonds. The molecule has 1 atom stereocenters. The molecular formula is C12H20O. The van der Waals surface area contributed by atoms with Crippen LogP contribution < -0.4 is 0 Å². The number of carbonyl (C=O) groups is 1. The zero-order chi connectivity index (χ0) is 10.0. The van der Waals surface area contributed by atoms with Crippen molar-refractivity contribution in [3.05, 3.63) is 11.6 Å². The molecule has 0 aromatic heterocycles. The van der Waals surface area contributed by atoms with Crippen molar-refractivity contribution in [3.8, 4) is 0 Å². The molecule has 0 radical (unpaired) electrons. The van der Waals surface area contributed by atoms with Crippen molar-refractivity contribution in [3.63, 3.8) is 0 Å². The van der Waals surface area contributed by atoms with Crippen molar-refractivity contribution >= 4 is 5.78 Å². The molecule has 1 aliphatic carbocycles. The molecule has 0 heterocycles. The first-order valence-corrected chi connectivity index (χ1v) is 5.27. The van der Waals surface area contributed by atoms with Gasteiger partial charge in [-0.1, -0.05) is 33.8 Å². The van der Waals surface area contributed by atoms with Crippen molar-refractivity contribution < 1.29 is 4.79 Å². The summed E-state index contributed by atoms with van der Waals surface area (Å²) in [6.45, 7) is 8.41. The third-order valence-corrected chi connectivity index (χ3v) is 2.86. The smallest absolute Gasteiger partial charge is 0.161 e. The van der Waals surface area contributed by atoms with E-state index in [1.54, 1.807) is 0 Å². The van der Waals surface area contributed by atoms with Crippen LogP contribution in [0.15, 0.2) is 11.6 Å². The van der Waals surface area contributed by atoms with Crippen LogP contribution in [0.3, 0.4) is 0 Å². The van der Waals surface area contributed by atoms with Crippen molar-refractivity contribution in [1.29, 1.82) is 0 Å². The Morgan fingerprint density at radius 2 is 2.00 bits per heavy atom. The van der Waals surface area contributed by atoms with Crippen LogP contribution in [0.2, 0.25) is 0 Å². The minimum absolute atomic E-state index is 0.164. The molecular weight excluding hydrogens is 160 g/mol. The normalized spacial score (nSPS) is 22.6. The summed E-state index contributed by atoms with van der Waals surface area (Å²) in [6.07, 6.45) is 4.37. The molecule has 1 rings (SSSR count). The third kappa shape index (κ3) is 2.43. The summed E-state index contributed by atoms with van der Waals surface area (Å²) in [5.41, 5.74) is 1.08. The summed E-state index contributed by atoms with van der Waals surface area (Å²) in [5.74, 6) is 1.83. The Labute approximate surface area is 81.2 Å². The Kier molecular flexibility index (Phi) is 3.29. The zero-order valence-electron chi connectivity index (χ0n) is 9.13. The molecule has 1 heteroatoms. The highest BCUT2D eigenvalue weighted by Gasteiger charge is 2.23. The van der Waals surface area contributed by atoms with Crippen molar-refractivity contribution in [2.75, 3.05) is 0 Å². The lowest BCUT2D eigenvalue weighted by molar-refractivity contribution is -0.118. The highest BCUT2D eigenvalue weighted by atomic mass is 16.1. The Hall–Kier alpha value is -0.590. The van der Waals surface area contributed by atoms with Crippen molar-refractivity contribution in [2.24, 2.45) is 17.8 Å². The van der Waals surface area contributed by atoms with Gasteiger partial charge < -0.3 is 0 Å². The van der Waals surface area contributed by atoms with Crippen LogP contribution in [0.1, 0.15) is 40.5 Å². The number of allylic oxidation sites excluding steroid dienone is 2. The van der Waals surface area contributed by atoms with Gasteiger partial charge in [-0.15, -0.1) is 0 Å². The van der Waals surface area contributed by atoms with Gasteiger partial charge in [-0.05, 0) is 30.3 Å². The van der Waals surface area contributed by atoms with Crippen LogP contribution >= 0.6 is 0 Å². The summed E-state index contributed by atoms with van der Waals surface area (Å²) >= 11 is 0. The molecule has 13 heavy (non-hydrogen) atoms. The van der Waals surface area contributed by atoms with Gasteiger partial charge in [0.25, 0.3) is 0 Å². The average molecular weight is 180 g/mol. The molecule has 74 valence electrons. The first kappa shape index (κ1) is 10.5. The van der Waals surface area contributed by atoms with Gasteiger partial charge in [0.1, 0.15) is 0 Å². The lowest BCUT2D eigenvalue weighted by atomic mass is 9.96. The van der Waals surface area contributed by atoms with E-state index in [2.05, 4.69) is 19.9 Å². The van der Waals surface area contributed by atoms with E-state index in [-0.39, 0.29) is 5.92 Å². The Morgan fingerprint density at radius 3 is 2.38 bits per heavy atom. The minimum atomic E-state index is 0.164. The van der Waals surface area contributed by atoms with E-state index < -0.39 is 0 Å². The number of ketones is 1. The van der Waals surface area contributed by atoms with Crippen LogP contribution in [-0.4, -0.2) is 5.78 Å². The quantitative estimate of drug-likeness (QED) is 0.652. The van der Waals surface area contributed by atoms with E-state index in [0.29, 0.717) is 17.6 Å². The van der Waals surface area contributed by atoms with Gasteiger partial charge in [-0.3, -0.25) is 4.79 Å². The van der Waals surface area contributed by atoms with Gasteiger partial charge in [0.15, 0.2) is 5.78 Å². The maximum Gasteiger partial charge on any atom is 0.161 e. The first-order valence-electron chi connectivity index (χ1n) is 5.27. The van der Waals surface area contributed by atoms with Crippen LogP contribution in [0.4, 0.5) is 0 Å². The van der Waals surface area contributed by atoms with E-state index in [9.17, 15) is 4.79 Å². The Bertz CT molecular complexity index is 223. The predicted molar refractivity (Wildman–Crippen MR) is 55.5 cm³/mol. The third-order valence-electron chi connectivity index (χ3n) is 2.86. The van der Waals surface area contributed by atoms with Gasteiger partial charge >= 0.3 is 0 Å². The predicted octanol–water partition coefficient (Wildman–Crippen LogP) is 3.20. The van der Waals surface area contributed by atoms with Crippen LogP contribution in [0.5, 0.6) is 0 Å². The standard InChI is InChI=1S/C12H20O/c1-8(2)10-5-6-11(7-10)12(13)9(3)4/h7-10H,5-6H2,1-4H3. The minimum Gasteiger partial charge on any atom is -0.294 e. The number of hydrogen-bond donors (Lipinski definition) is 0. The topological polar surface area (TPSA) is 17.1 Å². The van der Waals surface area contributed by atoms with Gasteiger partial charge in [0.2, 0.25) is 0 Å². The molecule has 0 aromatic carbocycles. The molecule has 0 saturated heterocycles. The van der Waals surface area contributed by atoms with E-state index >= 15 is 0 Å². The van der Waals surface area contributed by atoms with Gasteiger partial charge in [-0.25, -0.2) is 0 Å². The fourth-order valence-electron chi connectivity index (χ4n) is 1.85. The molecule has 1 nitrogen and oxygen atoms in total. The molecule has 0 aromatic rings. The molecule has 0 fully saturated rings. The summed E-state index contributed by atoms with van der Waals surface area (Å²) in [4.78, 5) is 11.6. The molecule has 1 aliphatic rings. The first-order chi connectivity index (χ1) is 6.02. The monoisotopic (exact) mass is 180 g/mol. The summed E-state index contributed by atoms with van der Waals surface area (Å²) < 4.78 is 0. The van der Waals surface area contributed by atoms with Gasteiger partial charge in [0.05, 0.1) is 0 Å². The number of Topliss-reactive ketones (excluding diaryl/α,β-unsaturated/α-hetero) is 1. The van der Waals surface area contributed by atoms with E-state index in [1.165, 1.54) is 6.42 Å². The Balaban J connectivity index is 2.64. The van der Waals surface area contributed by atoms with E-state index in [1.807, 2.05) is 13.8 Å². The van der Waals surface area contributed by atoms with Crippen LogP contribution in [0.25, 0.3) is 0 Å². The fraction of sp³-hybridized carbons (Fsp3) is 0.750. The van der Waals surface area contributed by atoms with E-state index in [4.69, 9.17) is 0 Å². The van der Waals surface area contributed by atoms with Gasteiger partial charge in [-0.2, -0.15) is 0 Å². The van der Waals surface area contributed by atoms with Crippen LogP contribution in [0, 0.1) is 17.8 Å². The van der Waals surface area contributed by atoms with E-state index in [0.717, 1.165) is 12.0 Å². The zero-order valence-corrected chi connectivity index (χ0v) is 9.13. The summed E-state index contributed by atoms with van der Waals surface area (Å²) in [6, 6.07) is 0. The highest BCUT2D eigenvalue weighted by molar-refractivity contribution is 5.97. The van der Waals surface area contributed by atoms with Crippen molar-refractivity contribution in [2.45, 2.75) is 40.5 Å². The second kappa shape index (κ2) is 4.08. The largest absolute Gasteiger partial charge is 0.294 e. The van der Waals surface area contributed by atoms with Crippen molar-refractivity contribution in [1.82, 2.24) is 0 Å². The van der Waals surface area contributed by atoms with Crippen LogP contribution in [-0.2, 0) is 4.79 Å². The second-order valence-electron chi connectivity index (χ2n) is 4.66. The second-order valence-corrected chi connectivity index (χ2v) is 4.66. The lowest BCUT2D eigenvalue weighted by Gasteiger charge is -2.09. The Morgan fingerprint density at radius 1 is 1.38 bits per heavy atom. The van der Waals surface area contributed by atoms with Gasteiger partial charge in [0, 0.05) is 5.92 Å².